The molecule has 1 aliphatic rings. The zero-order valence-electron chi connectivity index (χ0n) is 11.3. The van der Waals surface area contributed by atoms with E-state index in [1.54, 1.807) is 18.0 Å². The largest absolute Gasteiger partial charge is 0.362 e. The minimum absolute atomic E-state index is 0.284. The minimum atomic E-state index is -0.690. The topological polar surface area (TPSA) is 41.5 Å². The first kappa shape index (κ1) is 15.0. The van der Waals surface area contributed by atoms with Crippen LogP contribution in [0.3, 0.4) is 0 Å². The SMILES string of the molecule is CS(=O)CCCN=C1NC(C(C)(C)C)CCS1. The summed E-state index contributed by atoms with van der Waals surface area (Å²) in [5.74, 6) is 1.90. The van der Waals surface area contributed by atoms with Gasteiger partial charge in [0.2, 0.25) is 0 Å². The van der Waals surface area contributed by atoms with Crippen molar-refractivity contribution in [3.63, 3.8) is 0 Å². The van der Waals surface area contributed by atoms with Crippen LogP contribution in [0.4, 0.5) is 0 Å². The van der Waals surface area contributed by atoms with Crippen molar-refractivity contribution >= 4 is 27.7 Å². The third-order valence-electron chi connectivity index (χ3n) is 2.83. The van der Waals surface area contributed by atoms with E-state index < -0.39 is 10.8 Å². The van der Waals surface area contributed by atoms with Gasteiger partial charge in [-0.25, -0.2) is 0 Å². The van der Waals surface area contributed by atoms with Crippen LogP contribution >= 0.6 is 11.8 Å². The number of hydrogen-bond donors (Lipinski definition) is 1. The molecule has 100 valence electrons. The molecule has 2 atom stereocenters. The van der Waals surface area contributed by atoms with Gasteiger partial charge in [-0.3, -0.25) is 9.20 Å². The standard InChI is InChI=1S/C12H24N2OS2/c1-12(2,3)10-6-8-16-11(14-10)13-7-5-9-17(4)15/h10H,5-9H2,1-4H3,(H,13,14). The van der Waals surface area contributed by atoms with Gasteiger partial charge >= 0.3 is 0 Å². The first-order chi connectivity index (χ1) is 7.89. The average Bonchev–Trinajstić information content (AvgIpc) is 2.23. The molecule has 0 spiro atoms. The third-order valence-corrected chi connectivity index (χ3v) is 4.66. The zero-order chi connectivity index (χ0) is 12.9. The van der Waals surface area contributed by atoms with Crippen LogP contribution < -0.4 is 5.32 Å². The number of hydrogen-bond acceptors (Lipinski definition) is 3. The van der Waals surface area contributed by atoms with E-state index in [0.29, 0.717) is 6.04 Å². The van der Waals surface area contributed by atoms with Crippen LogP contribution in [0, 0.1) is 5.41 Å². The molecular weight excluding hydrogens is 252 g/mol. The molecule has 1 aliphatic heterocycles. The normalized spacial score (nSPS) is 25.6. The van der Waals surface area contributed by atoms with Crippen molar-refractivity contribution in [2.75, 3.05) is 24.3 Å². The van der Waals surface area contributed by atoms with Crippen molar-refractivity contribution < 1.29 is 4.21 Å². The second kappa shape index (κ2) is 6.78. The number of thioether (sulfide) groups is 1. The quantitative estimate of drug-likeness (QED) is 0.801. The molecule has 5 heteroatoms. The van der Waals surface area contributed by atoms with Gasteiger partial charge < -0.3 is 5.32 Å². The molecule has 0 aromatic carbocycles. The van der Waals surface area contributed by atoms with Gasteiger partial charge in [0, 0.05) is 41.1 Å². The highest BCUT2D eigenvalue weighted by atomic mass is 32.2. The summed E-state index contributed by atoms with van der Waals surface area (Å²) in [7, 11) is -0.690. The molecule has 0 aromatic heterocycles. The Morgan fingerprint density at radius 3 is 2.82 bits per heavy atom. The summed E-state index contributed by atoms with van der Waals surface area (Å²) in [4.78, 5) is 4.55. The summed E-state index contributed by atoms with van der Waals surface area (Å²) in [5, 5.41) is 4.59. The maximum atomic E-state index is 10.9. The zero-order valence-corrected chi connectivity index (χ0v) is 12.9. The summed E-state index contributed by atoms with van der Waals surface area (Å²) in [6, 6.07) is 0.516. The van der Waals surface area contributed by atoms with E-state index in [4.69, 9.17) is 0 Å². The Labute approximate surface area is 112 Å². The predicted octanol–water partition coefficient (Wildman–Crippen LogP) is 2.25. The number of aliphatic imine (C=N–C) groups is 1. The fourth-order valence-corrected chi connectivity index (χ4v) is 3.22. The Bertz CT molecular complexity index is 297. The molecule has 1 heterocycles. The maximum absolute atomic E-state index is 10.9. The first-order valence-corrected chi connectivity index (χ1v) is 8.84. The highest BCUT2D eigenvalue weighted by Gasteiger charge is 2.28. The predicted molar refractivity (Wildman–Crippen MR) is 79.3 cm³/mol. The number of amidine groups is 1. The van der Waals surface area contributed by atoms with Gasteiger partial charge in [-0.1, -0.05) is 32.5 Å². The molecular formula is C12H24N2OS2. The van der Waals surface area contributed by atoms with Crippen LogP contribution in [0.1, 0.15) is 33.6 Å². The second-order valence-corrected chi connectivity index (χ2v) is 8.16. The summed E-state index contributed by atoms with van der Waals surface area (Å²) >= 11 is 1.80. The molecule has 0 bridgehead atoms. The Morgan fingerprint density at radius 2 is 2.24 bits per heavy atom. The molecule has 0 saturated carbocycles. The third kappa shape index (κ3) is 5.91. The van der Waals surface area contributed by atoms with Crippen LogP contribution in [0.15, 0.2) is 4.99 Å². The highest BCUT2D eigenvalue weighted by molar-refractivity contribution is 8.13. The van der Waals surface area contributed by atoms with E-state index in [1.165, 1.54) is 6.42 Å². The summed E-state index contributed by atoms with van der Waals surface area (Å²) in [6.45, 7) is 7.57. The molecule has 1 rings (SSSR count). The first-order valence-electron chi connectivity index (χ1n) is 6.13. The van der Waals surface area contributed by atoms with E-state index in [0.717, 1.165) is 29.6 Å². The van der Waals surface area contributed by atoms with Gasteiger partial charge in [0.05, 0.1) is 0 Å². The molecule has 0 amide bonds. The van der Waals surface area contributed by atoms with Crippen molar-refractivity contribution in [2.45, 2.75) is 39.7 Å². The molecule has 1 fully saturated rings. The van der Waals surface area contributed by atoms with Gasteiger partial charge in [0.25, 0.3) is 0 Å². The fourth-order valence-electron chi connectivity index (χ4n) is 1.73. The lowest BCUT2D eigenvalue weighted by Gasteiger charge is -2.35. The van der Waals surface area contributed by atoms with E-state index in [2.05, 4.69) is 31.1 Å². The summed E-state index contributed by atoms with van der Waals surface area (Å²) in [5.41, 5.74) is 0.284. The Kier molecular flexibility index (Phi) is 6.00. The Hall–Kier alpha value is -0.0300. The maximum Gasteiger partial charge on any atom is 0.156 e. The van der Waals surface area contributed by atoms with Crippen molar-refractivity contribution in [1.82, 2.24) is 5.32 Å². The van der Waals surface area contributed by atoms with Gasteiger partial charge in [-0.05, 0) is 18.3 Å². The van der Waals surface area contributed by atoms with Crippen LogP contribution in [0.5, 0.6) is 0 Å². The Morgan fingerprint density at radius 1 is 1.53 bits per heavy atom. The van der Waals surface area contributed by atoms with Crippen LogP contribution in [-0.4, -0.2) is 39.7 Å². The monoisotopic (exact) mass is 276 g/mol. The fraction of sp³-hybridized carbons (Fsp3) is 0.917. The average molecular weight is 276 g/mol. The smallest absolute Gasteiger partial charge is 0.156 e. The number of nitrogens with one attached hydrogen (secondary N) is 1. The van der Waals surface area contributed by atoms with Gasteiger partial charge in [0.15, 0.2) is 5.17 Å². The summed E-state index contributed by atoms with van der Waals surface area (Å²) < 4.78 is 10.9. The highest BCUT2D eigenvalue weighted by Crippen LogP contribution is 2.27. The minimum Gasteiger partial charge on any atom is -0.362 e. The molecule has 17 heavy (non-hydrogen) atoms. The number of nitrogens with zero attached hydrogens (tertiary/aromatic N) is 1. The van der Waals surface area contributed by atoms with Crippen LogP contribution in [-0.2, 0) is 10.8 Å². The van der Waals surface area contributed by atoms with Crippen LogP contribution in [0.25, 0.3) is 0 Å². The number of rotatable bonds is 4. The molecule has 0 radical (unpaired) electrons. The van der Waals surface area contributed by atoms with Gasteiger partial charge in [-0.2, -0.15) is 0 Å². The van der Waals surface area contributed by atoms with Crippen LogP contribution in [0.2, 0.25) is 0 Å². The van der Waals surface area contributed by atoms with E-state index in [9.17, 15) is 4.21 Å². The van der Waals surface area contributed by atoms with Crippen molar-refractivity contribution in [3.8, 4) is 0 Å². The molecule has 1 N–H and O–H groups in total. The lowest BCUT2D eigenvalue weighted by Crippen LogP contribution is -2.46. The molecule has 0 aromatic rings. The lowest BCUT2D eigenvalue weighted by molar-refractivity contribution is 0.290. The molecule has 2 unspecified atom stereocenters. The lowest BCUT2D eigenvalue weighted by atomic mass is 9.85. The van der Waals surface area contributed by atoms with E-state index in [1.807, 2.05) is 0 Å². The van der Waals surface area contributed by atoms with Gasteiger partial charge in [-0.15, -0.1) is 0 Å². The van der Waals surface area contributed by atoms with Crippen molar-refractivity contribution in [2.24, 2.45) is 10.4 Å². The van der Waals surface area contributed by atoms with Gasteiger partial charge in [0.1, 0.15) is 0 Å². The molecule has 3 nitrogen and oxygen atoms in total. The van der Waals surface area contributed by atoms with Crippen molar-refractivity contribution in [1.29, 1.82) is 0 Å². The molecule has 1 saturated heterocycles. The second-order valence-electron chi connectivity index (χ2n) is 5.52. The van der Waals surface area contributed by atoms with Crippen molar-refractivity contribution in [3.05, 3.63) is 0 Å². The summed E-state index contributed by atoms with van der Waals surface area (Å²) in [6.07, 6.45) is 3.86. The molecule has 0 aliphatic carbocycles. The van der Waals surface area contributed by atoms with E-state index >= 15 is 0 Å². The van der Waals surface area contributed by atoms with E-state index in [-0.39, 0.29) is 5.41 Å². The Balaban J connectivity index is 2.38.